The van der Waals surface area contributed by atoms with Gasteiger partial charge in [-0.15, -0.1) is 0 Å². The van der Waals surface area contributed by atoms with E-state index in [9.17, 15) is 9.18 Å². The fourth-order valence-electron chi connectivity index (χ4n) is 2.72. The van der Waals surface area contributed by atoms with Gasteiger partial charge in [-0.3, -0.25) is 4.39 Å². The molecule has 1 aliphatic carbocycles. The van der Waals surface area contributed by atoms with Crippen LogP contribution in [0, 0.1) is 5.92 Å². The maximum Gasteiger partial charge on any atom is 0.335 e. The zero-order valence-corrected chi connectivity index (χ0v) is 9.73. The number of aromatic carboxylic acids is 1. The van der Waals surface area contributed by atoms with Crippen LogP contribution in [0.1, 0.15) is 47.5 Å². The molecule has 0 heterocycles. The van der Waals surface area contributed by atoms with Crippen LogP contribution < -0.4 is 0 Å². The number of carbonyl (C=O) groups is 1. The van der Waals surface area contributed by atoms with E-state index in [1.165, 1.54) is 12.8 Å². The molecule has 0 spiro atoms. The van der Waals surface area contributed by atoms with Crippen molar-refractivity contribution in [2.75, 3.05) is 6.67 Å². The fraction of sp³-hybridized carbons (Fsp3) is 0.500. The molecule has 1 N–H and O–H groups in total. The zero-order valence-electron chi connectivity index (χ0n) is 9.73. The summed E-state index contributed by atoms with van der Waals surface area (Å²) in [5.74, 6) is -0.565. The van der Waals surface area contributed by atoms with Crippen molar-refractivity contribution in [1.29, 1.82) is 0 Å². The van der Waals surface area contributed by atoms with Gasteiger partial charge in [0.05, 0.1) is 12.2 Å². The molecule has 0 aliphatic heterocycles. The van der Waals surface area contributed by atoms with E-state index in [0.717, 1.165) is 18.4 Å². The normalized spacial score (nSPS) is 18.2. The number of hydrogen-bond acceptors (Lipinski definition) is 1. The van der Waals surface area contributed by atoms with Gasteiger partial charge in [0.25, 0.3) is 0 Å². The molecule has 92 valence electrons. The Balaban J connectivity index is 2.16. The third-order valence-electron chi connectivity index (χ3n) is 3.72. The molecule has 1 unspecified atom stereocenters. The van der Waals surface area contributed by atoms with Gasteiger partial charge in [0, 0.05) is 5.92 Å². The first-order valence-electron chi connectivity index (χ1n) is 6.11. The first-order chi connectivity index (χ1) is 8.22. The number of carboxylic acids is 1. The van der Waals surface area contributed by atoms with Crippen molar-refractivity contribution in [2.24, 2.45) is 5.92 Å². The van der Waals surface area contributed by atoms with Gasteiger partial charge < -0.3 is 5.11 Å². The summed E-state index contributed by atoms with van der Waals surface area (Å²) in [6, 6.07) is 6.64. The molecule has 3 heteroatoms. The Morgan fingerprint density at radius 2 is 1.88 bits per heavy atom. The van der Waals surface area contributed by atoms with E-state index in [-0.39, 0.29) is 18.2 Å². The third-order valence-corrected chi connectivity index (χ3v) is 3.72. The van der Waals surface area contributed by atoms with E-state index in [1.807, 2.05) is 0 Å². The number of alkyl halides is 1. The van der Waals surface area contributed by atoms with Gasteiger partial charge in [-0.2, -0.15) is 0 Å². The van der Waals surface area contributed by atoms with Crippen LogP contribution in [0.15, 0.2) is 24.3 Å². The van der Waals surface area contributed by atoms with E-state index in [4.69, 9.17) is 5.11 Å². The minimum absolute atomic E-state index is 0.0552. The van der Waals surface area contributed by atoms with Crippen molar-refractivity contribution in [2.45, 2.75) is 31.6 Å². The van der Waals surface area contributed by atoms with E-state index in [1.54, 1.807) is 24.3 Å². The van der Waals surface area contributed by atoms with Crippen molar-refractivity contribution in [3.63, 3.8) is 0 Å². The Morgan fingerprint density at radius 1 is 1.29 bits per heavy atom. The highest BCUT2D eigenvalue weighted by Crippen LogP contribution is 2.37. The third kappa shape index (κ3) is 2.65. The van der Waals surface area contributed by atoms with Gasteiger partial charge in [0.2, 0.25) is 0 Å². The van der Waals surface area contributed by atoms with Crippen LogP contribution in [0.2, 0.25) is 0 Å². The van der Waals surface area contributed by atoms with Crippen LogP contribution in [0.5, 0.6) is 0 Å². The van der Waals surface area contributed by atoms with Gasteiger partial charge in [0.15, 0.2) is 0 Å². The number of halogens is 1. The first-order valence-corrected chi connectivity index (χ1v) is 6.11. The van der Waals surface area contributed by atoms with Crippen molar-refractivity contribution in [3.05, 3.63) is 35.4 Å². The molecule has 0 saturated heterocycles. The lowest BCUT2D eigenvalue weighted by Crippen LogP contribution is -2.12. The van der Waals surface area contributed by atoms with Crippen LogP contribution in [0.25, 0.3) is 0 Å². The Labute approximate surface area is 100 Å². The molecule has 17 heavy (non-hydrogen) atoms. The Kier molecular flexibility index (Phi) is 3.77. The number of rotatable bonds is 4. The molecule has 0 bridgehead atoms. The lowest BCUT2D eigenvalue weighted by molar-refractivity contribution is 0.0697. The molecule has 1 aromatic carbocycles. The Morgan fingerprint density at radius 3 is 2.35 bits per heavy atom. The maximum atomic E-state index is 13.1. The molecule has 0 radical (unpaired) electrons. The van der Waals surface area contributed by atoms with Crippen molar-refractivity contribution < 1.29 is 14.3 Å². The second kappa shape index (κ2) is 5.30. The van der Waals surface area contributed by atoms with Crippen molar-refractivity contribution in [3.8, 4) is 0 Å². The average Bonchev–Trinajstić information content (AvgIpc) is 2.84. The Bertz CT molecular complexity index is 380. The molecule has 2 nitrogen and oxygen atoms in total. The predicted octanol–water partition coefficient (Wildman–Crippen LogP) is 3.63. The topological polar surface area (TPSA) is 37.3 Å². The highest BCUT2D eigenvalue weighted by Gasteiger charge is 2.26. The molecular weight excluding hydrogens is 219 g/mol. The minimum atomic E-state index is -0.936. The smallest absolute Gasteiger partial charge is 0.335 e. The second-order valence-corrected chi connectivity index (χ2v) is 4.73. The number of benzene rings is 1. The molecule has 1 fully saturated rings. The van der Waals surface area contributed by atoms with E-state index in [0.29, 0.717) is 5.92 Å². The van der Waals surface area contributed by atoms with Crippen molar-refractivity contribution in [1.82, 2.24) is 0 Å². The van der Waals surface area contributed by atoms with Gasteiger partial charge in [-0.25, -0.2) is 4.79 Å². The summed E-state index contributed by atoms with van der Waals surface area (Å²) in [5.41, 5.74) is 1.20. The van der Waals surface area contributed by atoms with Crippen LogP contribution >= 0.6 is 0 Å². The van der Waals surface area contributed by atoms with Crippen LogP contribution in [0.4, 0.5) is 4.39 Å². The largest absolute Gasteiger partial charge is 0.478 e. The minimum Gasteiger partial charge on any atom is -0.478 e. The highest BCUT2D eigenvalue weighted by atomic mass is 19.1. The molecular formula is C14H17FO2. The lowest BCUT2D eigenvalue weighted by Gasteiger charge is -2.20. The SMILES string of the molecule is O=C(O)c1ccc(C(CF)C2CCCC2)cc1. The molecule has 0 aromatic heterocycles. The molecule has 1 aliphatic rings. The van der Waals surface area contributed by atoms with Crippen LogP contribution in [-0.2, 0) is 0 Å². The molecule has 0 amide bonds. The maximum absolute atomic E-state index is 13.1. The summed E-state index contributed by atoms with van der Waals surface area (Å²) in [4.78, 5) is 10.7. The summed E-state index contributed by atoms with van der Waals surface area (Å²) in [6.45, 7) is -0.350. The standard InChI is InChI=1S/C14H17FO2/c15-9-13(10-3-1-2-4-10)11-5-7-12(8-6-11)14(16)17/h5-8,10,13H,1-4,9H2,(H,16,17). The zero-order chi connectivity index (χ0) is 12.3. The van der Waals surface area contributed by atoms with Gasteiger partial charge in [0.1, 0.15) is 0 Å². The molecule has 1 atom stereocenters. The number of hydrogen-bond donors (Lipinski definition) is 1. The molecule has 1 saturated carbocycles. The molecule has 1 aromatic rings. The van der Waals surface area contributed by atoms with Crippen molar-refractivity contribution >= 4 is 5.97 Å². The van der Waals surface area contributed by atoms with Gasteiger partial charge in [-0.1, -0.05) is 25.0 Å². The average molecular weight is 236 g/mol. The summed E-state index contributed by atoms with van der Waals surface area (Å²) in [6.07, 6.45) is 4.56. The summed E-state index contributed by atoms with van der Waals surface area (Å²) in [5, 5.41) is 8.81. The monoisotopic (exact) mass is 236 g/mol. The predicted molar refractivity (Wildman–Crippen MR) is 64.1 cm³/mol. The summed E-state index contributed by atoms with van der Waals surface area (Å²) >= 11 is 0. The highest BCUT2D eigenvalue weighted by molar-refractivity contribution is 5.87. The first kappa shape index (κ1) is 12.1. The quantitative estimate of drug-likeness (QED) is 0.866. The second-order valence-electron chi connectivity index (χ2n) is 4.73. The van der Waals surface area contributed by atoms with Gasteiger partial charge in [-0.05, 0) is 36.5 Å². The van der Waals surface area contributed by atoms with Crippen LogP contribution in [0.3, 0.4) is 0 Å². The lowest BCUT2D eigenvalue weighted by atomic mass is 9.85. The summed E-state index contributed by atoms with van der Waals surface area (Å²) in [7, 11) is 0. The van der Waals surface area contributed by atoms with E-state index >= 15 is 0 Å². The number of carboxylic acid groups (broad SMARTS) is 1. The van der Waals surface area contributed by atoms with E-state index < -0.39 is 5.97 Å². The van der Waals surface area contributed by atoms with E-state index in [2.05, 4.69) is 0 Å². The van der Waals surface area contributed by atoms with Crippen LogP contribution in [-0.4, -0.2) is 17.8 Å². The molecule has 2 rings (SSSR count). The summed E-state index contributed by atoms with van der Waals surface area (Å²) < 4.78 is 13.1. The van der Waals surface area contributed by atoms with Gasteiger partial charge >= 0.3 is 5.97 Å². The Hall–Kier alpha value is -1.38. The fourth-order valence-corrected chi connectivity index (χ4v) is 2.72.